The van der Waals surface area contributed by atoms with Crippen LogP contribution in [-0.4, -0.2) is 32.0 Å². The van der Waals surface area contributed by atoms with Gasteiger partial charge in [-0.05, 0) is 26.2 Å². The van der Waals surface area contributed by atoms with E-state index in [1.165, 1.54) is 0 Å². The molecule has 1 fully saturated rings. The predicted molar refractivity (Wildman–Crippen MR) is 78.6 cm³/mol. The van der Waals surface area contributed by atoms with E-state index in [9.17, 15) is 0 Å². The van der Waals surface area contributed by atoms with Gasteiger partial charge in [-0.2, -0.15) is 5.10 Å². The number of imidazole rings is 1. The highest BCUT2D eigenvalue weighted by molar-refractivity contribution is 5.78. The van der Waals surface area contributed by atoms with Gasteiger partial charge >= 0.3 is 0 Å². The molecule has 110 valence electrons. The van der Waals surface area contributed by atoms with Gasteiger partial charge in [-0.3, -0.25) is 9.25 Å². The summed E-state index contributed by atoms with van der Waals surface area (Å²) in [6.45, 7) is 5.15. The van der Waals surface area contributed by atoms with Crippen molar-refractivity contribution in [1.29, 1.82) is 0 Å². The van der Waals surface area contributed by atoms with Crippen molar-refractivity contribution in [3.05, 3.63) is 5.69 Å². The van der Waals surface area contributed by atoms with Gasteiger partial charge < -0.3 is 10.5 Å². The molecule has 1 aliphatic rings. The number of aromatic nitrogens is 4. The highest BCUT2D eigenvalue weighted by atomic mass is 16.5. The summed E-state index contributed by atoms with van der Waals surface area (Å²) in [5.74, 6) is 0.563. The number of nitrogens with two attached hydrogens (primary N) is 1. The summed E-state index contributed by atoms with van der Waals surface area (Å²) in [5.41, 5.74) is 9.14. The zero-order valence-electron chi connectivity index (χ0n) is 12.5. The van der Waals surface area contributed by atoms with Crippen molar-refractivity contribution in [3.63, 3.8) is 0 Å². The summed E-state index contributed by atoms with van der Waals surface area (Å²) in [6.07, 6.45) is 4.42. The molecule has 1 aliphatic heterocycles. The molecule has 0 spiro atoms. The molecule has 2 atom stereocenters. The Balaban J connectivity index is 2.07. The summed E-state index contributed by atoms with van der Waals surface area (Å²) in [6, 6.07) is 0.187. The van der Waals surface area contributed by atoms with Gasteiger partial charge in [0.2, 0.25) is 5.95 Å². The Morgan fingerprint density at radius 2 is 2.30 bits per heavy atom. The summed E-state index contributed by atoms with van der Waals surface area (Å²) in [4.78, 5) is 4.55. The van der Waals surface area contributed by atoms with Crippen LogP contribution in [0.1, 0.15) is 44.8 Å². The first-order valence-corrected chi connectivity index (χ1v) is 7.44. The molecule has 0 aromatic carbocycles. The summed E-state index contributed by atoms with van der Waals surface area (Å²) in [5, 5.41) is 4.59. The number of hydrogen-bond donors (Lipinski definition) is 1. The largest absolute Gasteiger partial charge is 0.376 e. The molecule has 3 rings (SSSR count). The number of anilines is 1. The maximum atomic E-state index is 6.16. The molecule has 2 N–H and O–H groups in total. The average molecular weight is 277 g/mol. The standard InChI is InChI=1S/C14H23N5O/c1-4-6-10-12-13(18(3)17-10)19(14(15)16-12)9(2)11-7-5-8-20-11/h9,11H,4-8H2,1-3H3,(H2,15,16). The van der Waals surface area contributed by atoms with Crippen LogP contribution in [0.4, 0.5) is 5.95 Å². The van der Waals surface area contributed by atoms with Gasteiger partial charge in [0, 0.05) is 13.7 Å². The summed E-state index contributed by atoms with van der Waals surface area (Å²) >= 11 is 0. The highest BCUT2D eigenvalue weighted by Crippen LogP contribution is 2.31. The number of hydrogen-bond acceptors (Lipinski definition) is 4. The molecule has 6 heteroatoms. The van der Waals surface area contributed by atoms with Crippen LogP contribution in [0.2, 0.25) is 0 Å². The van der Waals surface area contributed by atoms with Crippen molar-refractivity contribution in [2.75, 3.05) is 12.3 Å². The second-order valence-electron chi connectivity index (χ2n) is 5.62. The SMILES string of the molecule is CCCc1nn(C)c2c1nc(N)n2C(C)C1CCCO1. The quantitative estimate of drug-likeness (QED) is 0.928. The minimum Gasteiger partial charge on any atom is -0.376 e. The smallest absolute Gasteiger partial charge is 0.202 e. The molecule has 0 bridgehead atoms. The topological polar surface area (TPSA) is 70.9 Å². The number of fused-ring (bicyclic) bond motifs is 1. The molecule has 0 saturated carbocycles. The van der Waals surface area contributed by atoms with E-state index in [1.54, 1.807) is 0 Å². The second-order valence-corrected chi connectivity index (χ2v) is 5.62. The van der Waals surface area contributed by atoms with Crippen molar-refractivity contribution >= 4 is 17.1 Å². The molecule has 6 nitrogen and oxygen atoms in total. The fourth-order valence-corrected chi connectivity index (χ4v) is 3.18. The third-order valence-electron chi connectivity index (χ3n) is 4.16. The molecule has 0 aliphatic carbocycles. The van der Waals surface area contributed by atoms with Crippen LogP contribution < -0.4 is 5.73 Å². The van der Waals surface area contributed by atoms with E-state index >= 15 is 0 Å². The van der Waals surface area contributed by atoms with Crippen molar-refractivity contribution in [2.24, 2.45) is 7.05 Å². The van der Waals surface area contributed by atoms with Crippen LogP contribution >= 0.6 is 0 Å². The molecular formula is C14H23N5O. The lowest BCUT2D eigenvalue weighted by atomic mass is 10.1. The minimum absolute atomic E-state index is 0.187. The minimum atomic E-state index is 0.187. The van der Waals surface area contributed by atoms with Gasteiger partial charge in [-0.15, -0.1) is 0 Å². The van der Waals surface area contributed by atoms with E-state index in [0.717, 1.165) is 49.1 Å². The van der Waals surface area contributed by atoms with E-state index in [0.29, 0.717) is 5.95 Å². The van der Waals surface area contributed by atoms with Crippen LogP contribution in [0.3, 0.4) is 0 Å². The molecule has 20 heavy (non-hydrogen) atoms. The number of ether oxygens (including phenoxy) is 1. The lowest BCUT2D eigenvalue weighted by Crippen LogP contribution is -2.23. The van der Waals surface area contributed by atoms with Crippen molar-refractivity contribution < 1.29 is 4.74 Å². The summed E-state index contributed by atoms with van der Waals surface area (Å²) < 4.78 is 9.78. The van der Waals surface area contributed by atoms with Crippen molar-refractivity contribution in [1.82, 2.24) is 19.3 Å². The lowest BCUT2D eigenvalue weighted by Gasteiger charge is -2.21. The third kappa shape index (κ3) is 1.98. The van der Waals surface area contributed by atoms with Gasteiger partial charge in [0.05, 0.1) is 17.8 Å². The Kier molecular flexibility index (Phi) is 3.41. The fraction of sp³-hybridized carbons (Fsp3) is 0.714. The van der Waals surface area contributed by atoms with Crippen molar-refractivity contribution in [3.8, 4) is 0 Å². The van der Waals surface area contributed by atoms with E-state index < -0.39 is 0 Å². The van der Waals surface area contributed by atoms with Gasteiger partial charge in [-0.25, -0.2) is 4.98 Å². The van der Waals surface area contributed by atoms with Crippen LogP contribution in [0.15, 0.2) is 0 Å². The average Bonchev–Trinajstić information content (AvgIpc) is 3.09. The van der Waals surface area contributed by atoms with Crippen LogP contribution in [-0.2, 0) is 18.2 Å². The zero-order chi connectivity index (χ0) is 14.3. The van der Waals surface area contributed by atoms with E-state index in [-0.39, 0.29) is 12.1 Å². The second kappa shape index (κ2) is 5.09. The number of nitrogens with zero attached hydrogens (tertiary/aromatic N) is 4. The maximum absolute atomic E-state index is 6.16. The monoisotopic (exact) mass is 277 g/mol. The third-order valence-corrected chi connectivity index (χ3v) is 4.16. The van der Waals surface area contributed by atoms with Gasteiger partial charge in [-0.1, -0.05) is 13.3 Å². The van der Waals surface area contributed by atoms with Gasteiger partial charge in [0.1, 0.15) is 5.52 Å². The molecular weight excluding hydrogens is 254 g/mol. The lowest BCUT2D eigenvalue weighted by molar-refractivity contribution is 0.0748. The molecule has 1 saturated heterocycles. The Labute approximate surface area is 118 Å². The Bertz CT molecular complexity index is 609. The first-order chi connectivity index (χ1) is 9.63. The van der Waals surface area contributed by atoms with Gasteiger partial charge in [0.15, 0.2) is 5.65 Å². The van der Waals surface area contributed by atoms with Crippen molar-refractivity contribution in [2.45, 2.75) is 51.7 Å². The normalized spacial score (nSPS) is 20.9. The Hall–Kier alpha value is -1.56. The predicted octanol–water partition coefficient (Wildman–Crippen LogP) is 2.04. The number of aryl methyl sites for hydroxylation is 2. The number of rotatable bonds is 4. The van der Waals surface area contributed by atoms with E-state index in [4.69, 9.17) is 10.5 Å². The molecule has 3 heterocycles. The molecule has 0 radical (unpaired) electrons. The van der Waals surface area contributed by atoms with Gasteiger partial charge in [0.25, 0.3) is 0 Å². The first kappa shape index (κ1) is 13.4. The Morgan fingerprint density at radius 1 is 1.50 bits per heavy atom. The molecule has 0 amide bonds. The fourth-order valence-electron chi connectivity index (χ4n) is 3.18. The van der Waals surface area contributed by atoms with E-state index in [1.807, 2.05) is 11.7 Å². The molecule has 2 aromatic heterocycles. The van der Waals surface area contributed by atoms with E-state index in [2.05, 4.69) is 28.5 Å². The first-order valence-electron chi connectivity index (χ1n) is 7.44. The highest BCUT2D eigenvalue weighted by Gasteiger charge is 2.28. The molecule has 2 aromatic rings. The molecule has 2 unspecified atom stereocenters. The van der Waals surface area contributed by atoms with Crippen LogP contribution in [0.5, 0.6) is 0 Å². The van der Waals surface area contributed by atoms with Crippen LogP contribution in [0, 0.1) is 0 Å². The number of nitrogen functional groups attached to an aromatic ring is 1. The zero-order valence-corrected chi connectivity index (χ0v) is 12.5. The maximum Gasteiger partial charge on any atom is 0.202 e. The van der Waals surface area contributed by atoms with Crippen LogP contribution in [0.25, 0.3) is 11.2 Å². The summed E-state index contributed by atoms with van der Waals surface area (Å²) in [7, 11) is 1.96. The Morgan fingerprint density at radius 3 is 2.95 bits per heavy atom.